The number of carbonyl (C=O) groups excluding carboxylic acids is 3. The van der Waals surface area contributed by atoms with Crippen molar-refractivity contribution in [1.29, 1.82) is 0 Å². The Kier molecular flexibility index (Phi) is 7.27. The number of carbonyl (C=O) groups is 3. The molecule has 1 fully saturated rings. The van der Waals surface area contributed by atoms with Crippen LogP contribution >= 0.6 is 27.5 Å². The largest absolute Gasteiger partial charge is 0.366 e. The van der Waals surface area contributed by atoms with Crippen molar-refractivity contribution < 1.29 is 18.8 Å². The first kappa shape index (κ1) is 28.3. The van der Waals surface area contributed by atoms with Gasteiger partial charge in [0, 0.05) is 33.9 Å². The minimum absolute atomic E-state index is 0.232. The molecule has 0 radical (unpaired) electrons. The lowest BCUT2D eigenvalue weighted by atomic mass is 9.62. The normalized spacial score (nSPS) is 23.6. The van der Waals surface area contributed by atoms with Crippen LogP contribution in [0.5, 0.6) is 0 Å². The second-order valence-electron chi connectivity index (χ2n) is 11.5. The molecule has 0 bridgehead atoms. The molecule has 1 spiro atoms. The summed E-state index contributed by atoms with van der Waals surface area (Å²) in [5, 5.41) is 9.76. The zero-order valence-corrected chi connectivity index (χ0v) is 24.5. The number of halogens is 3. The smallest absolute Gasteiger partial charge is 0.248 e. The van der Waals surface area contributed by atoms with E-state index in [2.05, 4.69) is 52.7 Å². The molecule has 5 N–H and O–H groups in total. The molecule has 0 aliphatic carbocycles. The van der Waals surface area contributed by atoms with Crippen molar-refractivity contribution in [2.45, 2.75) is 50.6 Å². The molecule has 3 aromatic rings. The maximum Gasteiger partial charge on any atom is 0.248 e. The summed E-state index contributed by atoms with van der Waals surface area (Å²) >= 11 is 9.57. The Bertz CT molecular complexity index is 1520. The highest BCUT2D eigenvalue weighted by atomic mass is 79.9. The number of hydrogen-bond acceptors (Lipinski definition) is 4. The molecule has 1 unspecified atom stereocenters. The van der Waals surface area contributed by atoms with Crippen LogP contribution in [0.25, 0.3) is 0 Å². The third-order valence-corrected chi connectivity index (χ3v) is 8.51. The highest BCUT2D eigenvalue weighted by molar-refractivity contribution is 9.10. The maximum absolute atomic E-state index is 15.9. The van der Waals surface area contributed by atoms with Crippen molar-refractivity contribution in [2.24, 2.45) is 11.1 Å². The molecule has 208 valence electrons. The quantitative estimate of drug-likeness (QED) is 0.289. The van der Waals surface area contributed by atoms with Crippen LogP contribution in [0.2, 0.25) is 5.02 Å². The second kappa shape index (κ2) is 10.3. The molecule has 4 atom stereocenters. The van der Waals surface area contributed by atoms with Crippen molar-refractivity contribution in [3.05, 3.63) is 92.7 Å². The fraction of sp³-hybridized carbons (Fsp3) is 0.300. The highest BCUT2D eigenvalue weighted by Crippen LogP contribution is 2.57. The predicted octanol–water partition coefficient (Wildman–Crippen LogP) is 5.73. The molecule has 2 aliphatic rings. The molecule has 0 aromatic heterocycles. The number of primary amides is 1. The van der Waals surface area contributed by atoms with E-state index < -0.39 is 41.0 Å². The van der Waals surface area contributed by atoms with E-state index in [-0.39, 0.29) is 21.4 Å². The summed E-state index contributed by atoms with van der Waals surface area (Å²) in [6, 6.07) is 14.7. The van der Waals surface area contributed by atoms with Crippen molar-refractivity contribution in [2.75, 3.05) is 10.6 Å². The number of amides is 3. The minimum atomic E-state index is -1.31. The summed E-state index contributed by atoms with van der Waals surface area (Å²) in [6.45, 7) is 6.17. The second-order valence-corrected chi connectivity index (χ2v) is 12.8. The average molecular weight is 628 g/mol. The zero-order valence-electron chi connectivity index (χ0n) is 22.1. The number of anilines is 2. The molecule has 2 aliphatic heterocycles. The number of rotatable bonds is 5. The number of benzene rings is 3. The van der Waals surface area contributed by atoms with Crippen LogP contribution in [0.15, 0.2) is 65.1 Å². The fourth-order valence-corrected chi connectivity index (χ4v) is 6.64. The monoisotopic (exact) mass is 626 g/mol. The summed E-state index contributed by atoms with van der Waals surface area (Å²) in [4.78, 5) is 39.6. The van der Waals surface area contributed by atoms with Crippen molar-refractivity contribution in [3.8, 4) is 0 Å². The van der Waals surface area contributed by atoms with Gasteiger partial charge in [-0.15, -0.1) is 0 Å². The lowest BCUT2D eigenvalue weighted by Crippen LogP contribution is -2.49. The third-order valence-electron chi connectivity index (χ3n) is 7.66. The van der Waals surface area contributed by atoms with Crippen LogP contribution in [0.3, 0.4) is 0 Å². The first-order valence-corrected chi connectivity index (χ1v) is 14.0. The van der Waals surface area contributed by atoms with Crippen LogP contribution < -0.4 is 21.7 Å². The van der Waals surface area contributed by atoms with Gasteiger partial charge in [0.25, 0.3) is 0 Å². The molecule has 10 heteroatoms. The number of nitrogens with one attached hydrogen (secondary N) is 3. The van der Waals surface area contributed by atoms with E-state index in [1.807, 2.05) is 0 Å². The number of fused-ring (bicyclic) bond motifs is 2. The van der Waals surface area contributed by atoms with E-state index >= 15 is 4.39 Å². The van der Waals surface area contributed by atoms with Crippen LogP contribution in [0, 0.1) is 11.2 Å². The molecular formula is C30H29BrClFN4O3. The summed E-state index contributed by atoms with van der Waals surface area (Å²) in [6.07, 6.45) is 0.520. The first-order chi connectivity index (χ1) is 18.8. The molecule has 2 heterocycles. The number of nitrogens with two attached hydrogens (primary N) is 1. The summed E-state index contributed by atoms with van der Waals surface area (Å²) < 4.78 is 16.1. The van der Waals surface area contributed by atoms with Gasteiger partial charge in [-0.1, -0.05) is 50.6 Å². The SMILES string of the molecule is CC(C)(C)C[C@@H]1N[C@@H](C(=O)Nc2ccc(C(N)=O)cc2)[C@@H](c2cccc(Br)c2F)C12C(=O)Nc1cc(Cl)ccc12. The topological polar surface area (TPSA) is 113 Å². The van der Waals surface area contributed by atoms with Gasteiger partial charge in [-0.25, -0.2) is 4.39 Å². The van der Waals surface area contributed by atoms with E-state index in [4.69, 9.17) is 17.3 Å². The van der Waals surface area contributed by atoms with Gasteiger partial charge in [0.15, 0.2) is 0 Å². The number of hydrogen-bond donors (Lipinski definition) is 4. The molecule has 40 heavy (non-hydrogen) atoms. The summed E-state index contributed by atoms with van der Waals surface area (Å²) in [7, 11) is 0. The van der Waals surface area contributed by atoms with Gasteiger partial charge in [0.1, 0.15) is 11.2 Å². The van der Waals surface area contributed by atoms with E-state index in [0.29, 0.717) is 33.9 Å². The zero-order chi connectivity index (χ0) is 29.0. The highest BCUT2D eigenvalue weighted by Gasteiger charge is 2.66. The van der Waals surface area contributed by atoms with Gasteiger partial charge in [-0.3, -0.25) is 14.4 Å². The van der Waals surface area contributed by atoms with Crippen molar-refractivity contribution in [3.63, 3.8) is 0 Å². The minimum Gasteiger partial charge on any atom is -0.366 e. The van der Waals surface area contributed by atoms with E-state index in [9.17, 15) is 14.4 Å². The van der Waals surface area contributed by atoms with E-state index in [1.54, 1.807) is 48.5 Å². The first-order valence-electron chi connectivity index (χ1n) is 12.8. The van der Waals surface area contributed by atoms with Gasteiger partial charge < -0.3 is 21.7 Å². The van der Waals surface area contributed by atoms with Gasteiger partial charge in [0.05, 0.1) is 10.5 Å². The molecule has 1 saturated heterocycles. The van der Waals surface area contributed by atoms with Crippen LogP contribution in [-0.2, 0) is 15.0 Å². The van der Waals surface area contributed by atoms with Gasteiger partial charge in [-0.2, -0.15) is 0 Å². The Morgan fingerprint density at radius 2 is 1.82 bits per heavy atom. The summed E-state index contributed by atoms with van der Waals surface area (Å²) in [5.74, 6) is -2.80. The maximum atomic E-state index is 15.9. The Balaban J connectivity index is 1.69. The Labute approximate surface area is 245 Å². The summed E-state index contributed by atoms with van der Waals surface area (Å²) in [5.41, 5.74) is 5.97. The molecule has 5 rings (SSSR count). The van der Waals surface area contributed by atoms with Crippen molar-refractivity contribution in [1.82, 2.24) is 5.32 Å². The Hall–Kier alpha value is -3.27. The lowest BCUT2D eigenvalue weighted by Gasteiger charge is -2.37. The molecule has 3 aromatic carbocycles. The van der Waals surface area contributed by atoms with Gasteiger partial charge in [0.2, 0.25) is 17.7 Å². The van der Waals surface area contributed by atoms with Gasteiger partial charge in [-0.05, 0) is 81.4 Å². The van der Waals surface area contributed by atoms with Gasteiger partial charge >= 0.3 is 0 Å². The standard InChI is InChI=1S/C30H29BrClFN4O3/c1-29(2,3)14-22-30(19-12-9-16(32)13-21(19)36-28(30)40)23(18-5-4-6-20(31)24(18)33)25(37-22)27(39)35-17-10-7-15(8-11-17)26(34)38/h4-13,22-23,25,37H,14H2,1-3H3,(H2,34,38)(H,35,39)(H,36,40)/t22-,23+,25+,30?/m0/s1. The molecule has 7 nitrogen and oxygen atoms in total. The Morgan fingerprint density at radius 3 is 2.48 bits per heavy atom. The molecule has 0 saturated carbocycles. The van der Waals surface area contributed by atoms with Crippen LogP contribution in [0.4, 0.5) is 15.8 Å². The van der Waals surface area contributed by atoms with Crippen molar-refractivity contribution >= 4 is 56.6 Å². The fourth-order valence-electron chi connectivity index (χ4n) is 6.09. The third kappa shape index (κ3) is 4.80. The Morgan fingerprint density at radius 1 is 1.12 bits per heavy atom. The van der Waals surface area contributed by atoms with E-state index in [0.717, 1.165) is 0 Å². The van der Waals surface area contributed by atoms with Crippen LogP contribution in [0.1, 0.15) is 54.6 Å². The average Bonchev–Trinajstić information content (AvgIpc) is 3.35. The predicted molar refractivity (Wildman–Crippen MR) is 157 cm³/mol. The molecule has 3 amide bonds. The lowest BCUT2D eigenvalue weighted by molar-refractivity contribution is -0.122. The molecular weight excluding hydrogens is 599 g/mol. The van der Waals surface area contributed by atoms with Crippen LogP contribution in [-0.4, -0.2) is 29.8 Å². The van der Waals surface area contributed by atoms with E-state index in [1.165, 1.54) is 12.1 Å².